The minimum atomic E-state index is -0.194. The van der Waals surface area contributed by atoms with Crippen LogP contribution >= 0.6 is 24.8 Å². The fourth-order valence-corrected chi connectivity index (χ4v) is 5.77. The van der Waals surface area contributed by atoms with Gasteiger partial charge in [-0.15, -0.1) is 24.8 Å². The van der Waals surface area contributed by atoms with Crippen LogP contribution in [-0.2, 0) is 4.74 Å². The van der Waals surface area contributed by atoms with Crippen molar-refractivity contribution >= 4 is 53.8 Å². The Bertz CT molecular complexity index is 1020. The van der Waals surface area contributed by atoms with E-state index in [2.05, 4.69) is 22.1 Å². The van der Waals surface area contributed by atoms with Crippen LogP contribution in [0.5, 0.6) is 0 Å². The highest BCUT2D eigenvalue weighted by molar-refractivity contribution is 5.86. The molecule has 2 aliphatic carbocycles. The Morgan fingerprint density at radius 3 is 2.37 bits per heavy atom. The van der Waals surface area contributed by atoms with Crippen LogP contribution in [0.3, 0.4) is 0 Å². The molecule has 1 saturated heterocycles. The largest absolute Gasteiger partial charge is 0.449 e. The van der Waals surface area contributed by atoms with E-state index in [-0.39, 0.29) is 36.9 Å². The van der Waals surface area contributed by atoms with E-state index in [1.807, 2.05) is 11.2 Å². The summed E-state index contributed by atoms with van der Waals surface area (Å²) in [5.74, 6) is 1.46. The van der Waals surface area contributed by atoms with Gasteiger partial charge in [0.25, 0.3) is 0 Å². The number of nitrogens with one attached hydrogen (secondary N) is 2. The van der Waals surface area contributed by atoms with E-state index in [1.54, 1.807) is 0 Å². The predicted octanol–water partition coefficient (Wildman–Crippen LogP) is 5.28. The van der Waals surface area contributed by atoms with E-state index in [0.29, 0.717) is 43.8 Å². The fraction of sp³-hybridized carbons (Fsp3) is 0.769. The minimum Gasteiger partial charge on any atom is -0.449 e. The van der Waals surface area contributed by atoms with Gasteiger partial charge in [-0.3, -0.25) is 0 Å². The standard InChI is InChI=1S/C26H42N8O2.2ClH/c1-2-3-16-36-26(35)33-14-12-20(13-15-33)29-23-22-24(34(17-28-22)21-6-4-5-7-21)32-25(31-23)30-19-10-8-18(27)9-11-19;;/h17-21H,2-16,27H2,1H3,(H2,29,30,31,32);2*1H/t18-,19-;;. The molecule has 0 atom stereocenters. The Balaban J connectivity index is 0.00000200. The normalized spacial score (nSPS) is 22.5. The number of fused-ring (bicyclic) bond motifs is 1. The van der Waals surface area contributed by atoms with Gasteiger partial charge in [-0.05, 0) is 57.8 Å². The molecule has 0 bridgehead atoms. The average molecular weight is 572 g/mol. The van der Waals surface area contributed by atoms with E-state index in [0.717, 1.165) is 68.3 Å². The van der Waals surface area contributed by atoms with Crippen LogP contribution in [0.2, 0.25) is 0 Å². The Labute approximate surface area is 238 Å². The molecule has 214 valence electrons. The number of piperidine rings is 1. The van der Waals surface area contributed by atoms with Crippen molar-refractivity contribution in [2.75, 3.05) is 30.3 Å². The van der Waals surface area contributed by atoms with Gasteiger partial charge in [0.15, 0.2) is 17.0 Å². The van der Waals surface area contributed by atoms with Crippen molar-refractivity contribution < 1.29 is 9.53 Å². The van der Waals surface area contributed by atoms with Crippen LogP contribution < -0.4 is 16.4 Å². The number of ether oxygens (including phenoxy) is 1. The summed E-state index contributed by atoms with van der Waals surface area (Å²) in [5, 5.41) is 7.26. The Hall–Kier alpha value is -2.04. The number of rotatable bonds is 8. The maximum absolute atomic E-state index is 12.3. The number of halogens is 2. The molecule has 3 heterocycles. The fourth-order valence-electron chi connectivity index (χ4n) is 5.77. The summed E-state index contributed by atoms with van der Waals surface area (Å²) in [6.07, 6.45) is 14.4. The third kappa shape index (κ3) is 7.33. The number of amides is 1. The first-order valence-corrected chi connectivity index (χ1v) is 14.1. The third-order valence-electron chi connectivity index (χ3n) is 8.06. The minimum absolute atomic E-state index is 0. The lowest BCUT2D eigenvalue weighted by atomic mass is 9.92. The number of unbranched alkanes of at least 4 members (excludes halogenated alkanes) is 1. The second kappa shape index (κ2) is 14.4. The van der Waals surface area contributed by atoms with Gasteiger partial charge in [-0.2, -0.15) is 9.97 Å². The molecule has 38 heavy (non-hydrogen) atoms. The van der Waals surface area contributed by atoms with Gasteiger partial charge in [-0.1, -0.05) is 26.2 Å². The van der Waals surface area contributed by atoms with Crippen LogP contribution in [0.25, 0.3) is 11.2 Å². The summed E-state index contributed by atoms with van der Waals surface area (Å²) in [7, 11) is 0. The first kappa shape index (κ1) is 30.5. The molecule has 2 saturated carbocycles. The Morgan fingerprint density at radius 2 is 1.68 bits per heavy atom. The smallest absolute Gasteiger partial charge is 0.409 e. The van der Waals surface area contributed by atoms with Crippen LogP contribution in [0.4, 0.5) is 16.6 Å². The molecule has 0 radical (unpaired) electrons. The summed E-state index contributed by atoms with van der Waals surface area (Å²) in [6.45, 7) is 3.96. The zero-order valence-electron chi connectivity index (χ0n) is 22.4. The summed E-state index contributed by atoms with van der Waals surface area (Å²) < 4.78 is 7.65. The zero-order valence-corrected chi connectivity index (χ0v) is 24.1. The van der Waals surface area contributed by atoms with Crippen molar-refractivity contribution in [1.29, 1.82) is 0 Å². The van der Waals surface area contributed by atoms with Crippen LogP contribution in [-0.4, -0.2) is 68.3 Å². The summed E-state index contributed by atoms with van der Waals surface area (Å²) in [4.78, 5) is 28.8. The van der Waals surface area contributed by atoms with E-state index in [1.165, 1.54) is 25.7 Å². The van der Waals surface area contributed by atoms with Crippen molar-refractivity contribution in [2.45, 2.75) is 108 Å². The van der Waals surface area contributed by atoms with E-state index in [9.17, 15) is 4.79 Å². The van der Waals surface area contributed by atoms with Crippen molar-refractivity contribution in [2.24, 2.45) is 5.73 Å². The number of imidazole rings is 1. The average Bonchev–Trinajstić information content (AvgIpc) is 3.56. The second-order valence-corrected chi connectivity index (χ2v) is 10.8. The van der Waals surface area contributed by atoms with Gasteiger partial charge in [0.2, 0.25) is 5.95 Å². The molecule has 3 fully saturated rings. The number of nitrogens with zero attached hydrogens (tertiary/aromatic N) is 5. The monoisotopic (exact) mass is 570 g/mol. The Kier molecular flexibility index (Phi) is 11.5. The summed E-state index contributed by atoms with van der Waals surface area (Å²) >= 11 is 0. The summed E-state index contributed by atoms with van der Waals surface area (Å²) in [6, 6.07) is 1.34. The number of carbonyl (C=O) groups excluding carboxylic acids is 1. The molecule has 2 aromatic heterocycles. The molecule has 5 rings (SSSR count). The van der Waals surface area contributed by atoms with Crippen molar-refractivity contribution in [3.05, 3.63) is 6.33 Å². The first-order chi connectivity index (χ1) is 17.6. The van der Waals surface area contributed by atoms with E-state index >= 15 is 0 Å². The number of anilines is 2. The highest BCUT2D eigenvalue weighted by Gasteiger charge is 2.27. The van der Waals surface area contributed by atoms with Gasteiger partial charge in [0.1, 0.15) is 0 Å². The molecular formula is C26H44Cl2N8O2. The molecule has 10 nitrogen and oxygen atoms in total. The van der Waals surface area contributed by atoms with Crippen LogP contribution in [0, 0.1) is 0 Å². The van der Waals surface area contributed by atoms with Crippen LogP contribution in [0.15, 0.2) is 6.33 Å². The molecule has 0 unspecified atom stereocenters. The van der Waals surface area contributed by atoms with Crippen molar-refractivity contribution in [3.63, 3.8) is 0 Å². The second-order valence-electron chi connectivity index (χ2n) is 10.8. The van der Waals surface area contributed by atoms with Gasteiger partial charge in [-0.25, -0.2) is 9.78 Å². The van der Waals surface area contributed by atoms with Gasteiger partial charge < -0.3 is 30.6 Å². The number of hydrogen-bond acceptors (Lipinski definition) is 8. The Morgan fingerprint density at radius 1 is 1.00 bits per heavy atom. The van der Waals surface area contributed by atoms with E-state index < -0.39 is 0 Å². The maximum atomic E-state index is 12.3. The third-order valence-corrected chi connectivity index (χ3v) is 8.06. The number of likely N-dealkylation sites (tertiary alicyclic amines) is 1. The van der Waals surface area contributed by atoms with Gasteiger partial charge >= 0.3 is 6.09 Å². The molecule has 4 N–H and O–H groups in total. The number of hydrogen-bond donors (Lipinski definition) is 3. The lowest BCUT2D eigenvalue weighted by Gasteiger charge is -2.32. The van der Waals surface area contributed by atoms with Crippen molar-refractivity contribution in [3.8, 4) is 0 Å². The van der Waals surface area contributed by atoms with Crippen molar-refractivity contribution in [1.82, 2.24) is 24.4 Å². The number of nitrogens with two attached hydrogens (primary N) is 1. The SMILES string of the molecule is CCCCOC(=O)N1CCC(Nc2nc(N[C@H]3CC[C@H](N)CC3)nc3c2ncn3C2CCCC2)CC1.Cl.Cl. The molecule has 1 aliphatic heterocycles. The predicted molar refractivity (Wildman–Crippen MR) is 156 cm³/mol. The number of aromatic nitrogens is 4. The first-order valence-electron chi connectivity index (χ1n) is 14.1. The highest BCUT2D eigenvalue weighted by atomic mass is 35.5. The molecule has 0 spiro atoms. The molecule has 1 amide bonds. The van der Waals surface area contributed by atoms with Gasteiger partial charge in [0.05, 0.1) is 12.9 Å². The lowest BCUT2D eigenvalue weighted by molar-refractivity contribution is 0.0928. The van der Waals surface area contributed by atoms with Crippen LogP contribution in [0.1, 0.15) is 90.0 Å². The quantitative estimate of drug-likeness (QED) is 0.366. The molecule has 0 aromatic carbocycles. The zero-order chi connectivity index (χ0) is 24.9. The number of carbonyl (C=O) groups is 1. The van der Waals surface area contributed by atoms with Gasteiger partial charge in [0, 0.05) is 37.3 Å². The maximum Gasteiger partial charge on any atom is 0.409 e. The lowest BCUT2D eigenvalue weighted by Crippen LogP contribution is -2.42. The van der Waals surface area contributed by atoms with E-state index in [4.69, 9.17) is 25.4 Å². The topological polar surface area (TPSA) is 123 Å². The highest BCUT2D eigenvalue weighted by Crippen LogP contribution is 2.34. The summed E-state index contributed by atoms with van der Waals surface area (Å²) in [5.41, 5.74) is 7.86. The molecule has 12 heteroatoms. The molecule has 3 aliphatic rings. The molecular weight excluding hydrogens is 527 g/mol. The molecule has 2 aromatic rings.